The normalized spacial score (nSPS) is 16.7. The van der Waals surface area contributed by atoms with Gasteiger partial charge < -0.3 is 14.6 Å². The summed E-state index contributed by atoms with van der Waals surface area (Å²) < 4.78 is 5.68. The predicted octanol–water partition coefficient (Wildman–Crippen LogP) is 2.20. The predicted molar refractivity (Wildman–Crippen MR) is 68.8 cm³/mol. The molecule has 90 valence electrons. The average molecular weight is 252 g/mol. The van der Waals surface area contributed by atoms with Gasteiger partial charge in [0.15, 0.2) is 11.5 Å². The van der Waals surface area contributed by atoms with Crippen molar-refractivity contribution in [2.45, 2.75) is 6.92 Å². The Hall–Kier alpha value is -1.26. The van der Waals surface area contributed by atoms with E-state index in [0.717, 1.165) is 43.0 Å². The highest BCUT2D eigenvalue weighted by atomic mass is 35.5. The molecule has 5 heteroatoms. The molecule has 17 heavy (non-hydrogen) atoms. The second kappa shape index (κ2) is 4.20. The molecule has 3 rings (SSSR count). The maximum atomic E-state index is 6.13. The Kier molecular flexibility index (Phi) is 2.68. The fourth-order valence-electron chi connectivity index (χ4n) is 2.23. The van der Waals surface area contributed by atoms with Crippen LogP contribution in [-0.2, 0) is 0 Å². The number of nitrogens with one attached hydrogen (secondary N) is 1. The van der Waals surface area contributed by atoms with Gasteiger partial charge in [0.05, 0.1) is 5.69 Å². The first kappa shape index (κ1) is 10.9. The summed E-state index contributed by atoms with van der Waals surface area (Å²) in [6, 6.07) is 3.80. The Bertz CT molecular complexity index is 546. The van der Waals surface area contributed by atoms with Crippen LogP contribution in [0.4, 0.5) is 5.69 Å². The molecule has 2 heterocycles. The second-order valence-electron chi connectivity index (χ2n) is 4.24. The molecule has 0 saturated carbocycles. The van der Waals surface area contributed by atoms with E-state index in [1.54, 1.807) is 0 Å². The van der Waals surface area contributed by atoms with Crippen LogP contribution in [-0.4, -0.2) is 31.2 Å². The molecule has 1 fully saturated rings. The van der Waals surface area contributed by atoms with Gasteiger partial charge in [0.1, 0.15) is 5.52 Å². The Labute approximate surface area is 105 Å². The summed E-state index contributed by atoms with van der Waals surface area (Å²) in [5.74, 6) is 0.679. The lowest BCUT2D eigenvalue weighted by Crippen LogP contribution is -2.43. The SMILES string of the molecule is Cc1nc2cc(Cl)cc(N3CCNCC3)c2o1. The first-order chi connectivity index (χ1) is 8.24. The summed E-state index contributed by atoms with van der Waals surface area (Å²) in [6.45, 7) is 5.77. The van der Waals surface area contributed by atoms with E-state index in [1.165, 1.54) is 0 Å². The third-order valence-electron chi connectivity index (χ3n) is 3.00. The van der Waals surface area contributed by atoms with E-state index in [9.17, 15) is 0 Å². The van der Waals surface area contributed by atoms with Crippen molar-refractivity contribution in [3.05, 3.63) is 23.0 Å². The van der Waals surface area contributed by atoms with Crippen LogP contribution < -0.4 is 10.2 Å². The van der Waals surface area contributed by atoms with E-state index in [1.807, 2.05) is 19.1 Å². The number of aryl methyl sites for hydroxylation is 1. The van der Waals surface area contributed by atoms with Gasteiger partial charge in [-0.05, 0) is 12.1 Å². The number of nitrogens with zero attached hydrogens (tertiary/aromatic N) is 2. The second-order valence-corrected chi connectivity index (χ2v) is 4.68. The van der Waals surface area contributed by atoms with Crippen molar-refractivity contribution in [3.8, 4) is 0 Å². The first-order valence-corrected chi connectivity index (χ1v) is 6.14. The van der Waals surface area contributed by atoms with Gasteiger partial charge in [0, 0.05) is 38.1 Å². The Morgan fingerprint density at radius 1 is 1.35 bits per heavy atom. The maximum absolute atomic E-state index is 6.13. The van der Waals surface area contributed by atoms with Gasteiger partial charge in [-0.2, -0.15) is 0 Å². The lowest BCUT2D eigenvalue weighted by molar-refractivity contribution is 0.552. The molecule has 1 aliphatic rings. The van der Waals surface area contributed by atoms with E-state index >= 15 is 0 Å². The molecular weight excluding hydrogens is 238 g/mol. The number of benzene rings is 1. The molecular formula is C12H14ClN3O. The Morgan fingerprint density at radius 3 is 2.88 bits per heavy atom. The minimum Gasteiger partial charge on any atom is -0.439 e. The van der Waals surface area contributed by atoms with Crippen LogP contribution in [0.2, 0.25) is 5.02 Å². The molecule has 2 aromatic rings. The zero-order valence-electron chi connectivity index (χ0n) is 9.66. The van der Waals surface area contributed by atoms with Crippen LogP contribution in [0.5, 0.6) is 0 Å². The van der Waals surface area contributed by atoms with Gasteiger partial charge in [-0.15, -0.1) is 0 Å². The molecule has 0 radical (unpaired) electrons. The number of hydrogen-bond donors (Lipinski definition) is 1. The number of oxazole rings is 1. The van der Waals surface area contributed by atoms with Gasteiger partial charge in [0.2, 0.25) is 0 Å². The zero-order valence-corrected chi connectivity index (χ0v) is 10.4. The zero-order chi connectivity index (χ0) is 11.8. The lowest BCUT2D eigenvalue weighted by Gasteiger charge is -2.29. The van der Waals surface area contributed by atoms with Gasteiger partial charge in [-0.25, -0.2) is 4.98 Å². The van der Waals surface area contributed by atoms with Crippen LogP contribution in [0.15, 0.2) is 16.5 Å². The smallest absolute Gasteiger partial charge is 0.192 e. The van der Waals surface area contributed by atoms with Gasteiger partial charge in [-0.3, -0.25) is 0 Å². The van der Waals surface area contributed by atoms with Crippen molar-refractivity contribution < 1.29 is 4.42 Å². The highest BCUT2D eigenvalue weighted by Gasteiger charge is 2.17. The minimum atomic E-state index is 0.679. The molecule has 1 aliphatic heterocycles. The molecule has 0 aliphatic carbocycles. The van der Waals surface area contributed by atoms with Crippen LogP contribution in [0.25, 0.3) is 11.1 Å². The molecule has 0 spiro atoms. The number of piperazine rings is 1. The molecule has 0 unspecified atom stereocenters. The molecule has 0 bridgehead atoms. The number of hydrogen-bond acceptors (Lipinski definition) is 4. The lowest BCUT2D eigenvalue weighted by atomic mass is 10.2. The minimum absolute atomic E-state index is 0.679. The highest BCUT2D eigenvalue weighted by molar-refractivity contribution is 6.31. The first-order valence-electron chi connectivity index (χ1n) is 5.76. The molecule has 1 aromatic heterocycles. The van der Waals surface area contributed by atoms with Crippen molar-refractivity contribution in [1.29, 1.82) is 0 Å². The van der Waals surface area contributed by atoms with Gasteiger partial charge in [-0.1, -0.05) is 11.6 Å². The number of anilines is 1. The van der Waals surface area contributed by atoms with Crippen molar-refractivity contribution in [2.75, 3.05) is 31.1 Å². The van der Waals surface area contributed by atoms with Crippen molar-refractivity contribution in [3.63, 3.8) is 0 Å². The van der Waals surface area contributed by atoms with Crippen LogP contribution >= 0.6 is 11.6 Å². The molecule has 1 N–H and O–H groups in total. The highest BCUT2D eigenvalue weighted by Crippen LogP contribution is 2.31. The molecule has 1 saturated heterocycles. The third-order valence-corrected chi connectivity index (χ3v) is 3.22. The topological polar surface area (TPSA) is 41.3 Å². The van der Waals surface area contributed by atoms with E-state index < -0.39 is 0 Å². The van der Waals surface area contributed by atoms with E-state index in [0.29, 0.717) is 10.9 Å². The summed E-state index contributed by atoms with van der Waals surface area (Å²) in [5, 5.41) is 4.04. The quantitative estimate of drug-likeness (QED) is 0.844. The van der Waals surface area contributed by atoms with Crippen LogP contribution in [0.3, 0.4) is 0 Å². The van der Waals surface area contributed by atoms with Gasteiger partial charge >= 0.3 is 0 Å². The molecule has 1 aromatic carbocycles. The monoisotopic (exact) mass is 251 g/mol. The number of rotatable bonds is 1. The van der Waals surface area contributed by atoms with E-state index in [2.05, 4.69) is 15.2 Å². The summed E-state index contributed by atoms with van der Waals surface area (Å²) in [5.41, 5.74) is 2.73. The van der Waals surface area contributed by atoms with E-state index in [4.69, 9.17) is 16.0 Å². The fraction of sp³-hybridized carbons (Fsp3) is 0.417. The van der Waals surface area contributed by atoms with Crippen molar-refractivity contribution >= 4 is 28.4 Å². The Balaban J connectivity index is 2.12. The summed E-state index contributed by atoms with van der Waals surface area (Å²) in [6.07, 6.45) is 0. The molecule has 4 nitrogen and oxygen atoms in total. The molecule has 0 amide bonds. The largest absolute Gasteiger partial charge is 0.439 e. The Morgan fingerprint density at radius 2 is 2.12 bits per heavy atom. The summed E-state index contributed by atoms with van der Waals surface area (Å²) in [4.78, 5) is 6.62. The molecule has 0 atom stereocenters. The van der Waals surface area contributed by atoms with E-state index in [-0.39, 0.29) is 0 Å². The van der Waals surface area contributed by atoms with Gasteiger partial charge in [0.25, 0.3) is 0 Å². The number of aromatic nitrogens is 1. The van der Waals surface area contributed by atoms with Crippen molar-refractivity contribution in [1.82, 2.24) is 10.3 Å². The van der Waals surface area contributed by atoms with Crippen LogP contribution in [0.1, 0.15) is 5.89 Å². The average Bonchev–Trinajstić information content (AvgIpc) is 2.69. The fourth-order valence-corrected chi connectivity index (χ4v) is 2.44. The standard InChI is InChI=1S/C12H14ClN3O/c1-8-15-10-6-9(13)7-11(12(10)17-8)16-4-2-14-3-5-16/h6-7,14H,2-5H2,1H3. The van der Waals surface area contributed by atoms with Crippen molar-refractivity contribution in [2.24, 2.45) is 0 Å². The number of halogens is 1. The third kappa shape index (κ3) is 1.98. The maximum Gasteiger partial charge on any atom is 0.192 e. The summed E-state index contributed by atoms with van der Waals surface area (Å²) in [7, 11) is 0. The summed E-state index contributed by atoms with van der Waals surface area (Å²) >= 11 is 6.13. The number of fused-ring (bicyclic) bond motifs is 1. The van der Waals surface area contributed by atoms with Crippen LogP contribution in [0, 0.1) is 6.92 Å².